The van der Waals surface area contributed by atoms with Gasteiger partial charge in [-0.25, -0.2) is 4.98 Å². The van der Waals surface area contributed by atoms with Gasteiger partial charge in [-0.1, -0.05) is 11.6 Å². The van der Waals surface area contributed by atoms with Crippen molar-refractivity contribution >= 4 is 23.3 Å². The highest BCUT2D eigenvalue weighted by Gasteiger charge is 2.30. The quantitative estimate of drug-likeness (QED) is 0.701. The number of hydrogen-bond acceptors (Lipinski definition) is 3. The van der Waals surface area contributed by atoms with Gasteiger partial charge in [-0.15, -0.1) is 0 Å². The van der Waals surface area contributed by atoms with Crippen LogP contribution in [0.15, 0.2) is 54.7 Å². The molecule has 0 unspecified atom stereocenters. The third kappa shape index (κ3) is 3.36. The van der Waals surface area contributed by atoms with E-state index in [4.69, 9.17) is 17.3 Å². The molecule has 0 amide bonds. The van der Waals surface area contributed by atoms with E-state index in [9.17, 15) is 18.0 Å². The van der Waals surface area contributed by atoms with Crippen LogP contribution in [0.2, 0.25) is 5.02 Å². The Labute approximate surface area is 145 Å². The summed E-state index contributed by atoms with van der Waals surface area (Å²) < 4.78 is 39.4. The molecule has 25 heavy (non-hydrogen) atoms. The molecule has 0 aliphatic carbocycles. The normalized spacial score (nSPS) is 11.5. The first-order valence-electron chi connectivity index (χ1n) is 7.08. The van der Waals surface area contributed by atoms with E-state index in [0.29, 0.717) is 16.3 Å². The Kier molecular flexibility index (Phi) is 4.26. The van der Waals surface area contributed by atoms with Gasteiger partial charge < -0.3 is 5.73 Å². The molecule has 3 aromatic rings. The number of aromatic nitrogens is 2. The average Bonchev–Trinajstić information content (AvgIpc) is 2.96. The first-order chi connectivity index (χ1) is 11.8. The van der Waals surface area contributed by atoms with Crippen molar-refractivity contribution in [1.82, 2.24) is 9.55 Å². The molecule has 4 nitrogen and oxygen atoms in total. The molecule has 0 bridgehead atoms. The van der Waals surface area contributed by atoms with E-state index in [2.05, 4.69) is 4.98 Å². The summed E-state index contributed by atoms with van der Waals surface area (Å²) in [6, 6.07) is 10.5. The van der Waals surface area contributed by atoms with Crippen LogP contribution in [0.1, 0.15) is 21.6 Å². The van der Waals surface area contributed by atoms with E-state index in [1.807, 2.05) is 0 Å². The molecule has 8 heteroatoms. The molecule has 2 aromatic carbocycles. The summed E-state index contributed by atoms with van der Waals surface area (Å²) in [6.07, 6.45) is -3.16. The van der Waals surface area contributed by atoms with Gasteiger partial charge in [-0.05, 0) is 48.5 Å². The number of carbonyl (C=O) groups is 1. The van der Waals surface area contributed by atoms with Crippen molar-refractivity contribution in [2.24, 2.45) is 0 Å². The van der Waals surface area contributed by atoms with Crippen LogP contribution in [0.25, 0.3) is 5.69 Å². The predicted octanol–water partition coefficient (Wildman–Crippen LogP) is 4.36. The van der Waals surface area contributed by atoms with Crippen molar-refractivity contribution in [2.75, 3.05) is 5.73 Å². The van der Waals surface area contributed by atoms with Gasteiger partial charge >= 0.3 is 6.18 Å². The first kappa shape index (κ1) is 17.0. The summed E-state index contributed by atoms with van der Waals surface area (Å²) in [7, 11) is 0. The molecule has 0 saturated heterocycles. The number of carbonyl (C=O) groups excluding carboxylic acids is 1. The van der Waals surface area contributed by atoms with E-state index in [1.165, 1.54) is 22.9 Å². The van der Waals surface area contributed by atoms with E-state index < -0.39 is 11.7 Å². The number of halogens is 4. The number of anilines is 1. The number of nitrogens with zero attached hydrogens (tertiary/aromatic N) is 2. The van der Waals surface area contributed by atoms with Gasteiger partial charge in [-0.3, -0.25) is 9.36 Å². The maximum absolute atomic E-state index is 12.7. The Hall–Kier alpha value is -2.80. The fraction of sp³-hybridized carbons (Fsp3) is 0.0588. The largest absolute Gasteiger partial charge is 0.416 e. The molecule has 1 aromatic heterocycles. The van der Waals surface area contributed by atoms with Gasteiger partial charge in [0.2, 0.25) is 11.7 Å². The summed E-state index contributed by atoms with van der Waals surface area (Å²) in [5, 5.41) is 0.479. The zero-order valence-electron chi connectivity index (χ0n) is 12.6. The van der Waals surface area contributed by atoms with E-state index >= 15 is 0 Å². The molecule has 0 aliphatic rings. The highest BCUT2D eigenvalue weighted by molar-refractivity contribution is 6.30. The topological polar surface area (TPSA) is 60.9 Å². The van der Waals surface area contributed by atoms with Gasteiger partial charge in [-0.2, -0.15) is 13.2 Å². The van der Waals surface area contributed by atoms with E-state index in [0.717, 1.165) is 12.1 Å². The molecule has 0 atom stereocenters. The van der Waals surface area contributed by atoms with Crippen LogP contribution in [0, 0.1) is 0 Å². The highest BCUT2D eigenvalue weighted by atomic mass is 35.5. The molecule has 0 spiro atoms. The lowest BCUT2D eigenvalue weighted by atomic mass is 10.1. The second kappa shape index (κ2) is 6.25. The van der Waals surface area contributed by atoms with Crippen molar-refractivity contribution in [3.63, 3.8) is 0 Å². The van der Waals surface area contributed by atoms with Crippen molar-refractivity contribution in [3.05, 3.63) is 76.6 Å². The van der Waals surface area contributed by atoms with Crippen LogP contribution >= 0.6 is 11.6 Å². The zero-order valence-corrected chi connectivity index (χ0v) is 13.3. The number of ketones is 1. The number of benzene rings is 2. The molecule has 0 radical (unpaired) electrons. The summed E-state index contributed by atoms with van der Waals surface area (Å²) in [5.74, 6) is -0.377. The lowest BCUT2D eigenvalue weighted by molar-refractivity contribution is -0.137. The summed E-state index contributed by atoms with van der Waals surface area (Å²) in [6.45, 7) is 0. The van der Waals surface area contributed by atoms with Gasteiger partial charge in [0.25, 0.3) is 0 Å². The first-order valence-corrected chi connectivity index (χ1v) is 7.46. The lowest BCUT2D eigenvalue weighted by Crippen LogP contribution is -2.11. The lowest BCUT2D eigenvalue weighted by Gasteiger charge is -2.11. The van der Waals surface area contributed by atoms with Gasteiger partial charge in [0.15, 0.2) is 0 Å². The van der Waals surface area contributed by atoms with Crippen molar-refractivity contribution in [2.45, 2.75) is 6.18 Å². The average molecular weight is 366 g/mol. The van der Waals surface area contributed by atoms with Gasteiger partial charge in [0.05, 0.1) is 11.8 Å². The highest BCUT2D eigenvalue weighted by Crippen LogP contribution is 2.30. The molecule has 0 saturated carbocycles. The summed E-state index contributed by atoms with van der Waals surface area (Å²) >= 11 is 5.80. The van der Waals surface area contributed by atoms with Crippen molar-refractivity contribution < 1.29 is 18.0 Å². The third-order valence-electron chi connectivity index (χ3n) is 3.58. The number of hydrogen-bond donors (Lipinski definition) is 1. The monoisotopic (exact) mass is 365 g/mol. The van der Waals surface area contributed by atoms with Gasteiger partial charge in [0, 0.05) is 16.3 Å². The minimum Gasteiger partial charge on any atom is -0.369 e. The molecule has 2 N–H and O–H groups in total. The van der Waals surface area contributed by atoms with Crippen LogP contribution in [0.5, 0.6) is 0 Å². The van der Waals surface area contributed by atoms with Crippen LogP contribution in [0.4, 0.5) is 19.1 Å². The van der Waals surface area contributed by atoms with Crippen LogP contribution in [-0.2, 0) is 6.18 Å². The van der Waals surface area contributed by atoms with Crippen molar-refractivity contribution in [3.8, 4) is 5.69 Å². The summed E-state index contributed by atoms with van der Waals surface area (Å²) in [4.78, 5) is 16.6. The molecular formula is C17H11ClF3N3O. The standard InChI is InChI=1S/C17H11ClF3N3O/c18-12-5-1-10(2-6-12)15(25)14-9-23-16(22)24(14)13-7-3-11(4-8-13)17(19,20)21/h1-9H,(H2,22,23). The Morgan fingerprint density at radius 1 is 1.04 bits per heavy atom. The number of nitrogens with two attached hydrogens (primary N) is 1. The molecular weight excluding hydrogens is 355 g/mol. The molecule has 0 fully saturated rings. The van der Waals surface area contributed by atoms with Crippen molar-refractivity contribution in [1.29, 1.82) is 0 Å². The number of rotatable bonds is 3. The Morgan fingerprint density at radius 2 is 1.64 bits per heavy atom. The number of alkyl halides is 3. The smallest absolute Gasteiger partial charge is 0.369 e. The minimum atomic E-state index is -4.44. The maximum atomic E-state index is 12.7. The maximum Gasteiger partial charge on any atom is 0.416 e. The van der Waals surface area contributed by atoms with Crippen LogP contribution in [-0.4, -0.2) is 15.3 Å². The SMILES string of the molecule is Nc1ncc(C(=O)c2ccc(Cl)cc2)n1-c1ccc(C(F)(F)F)cc1. The minimum absolute atomic E-state index is 0.00271. The summed E-state index contributed by atoms with van der Waals surface area (Å²) in [5.41, 5.74) is 5.81. The molecule has 0 aliphatic heterocycles. The van der Waals surface area contributed by atoms with E-state index in [1.54, 1.807) is 24.3 Å². The Bertz CT molecular complexity index is 916. The van der Waals surface area contributed by atoms with Crippen LogP contribution in [0.3, 0.4) is 0 Å². The Balaban J connectivity index is 2.02. The van der Waals surface area contributed by atoms with Gasteiger partial charge in [0.1, 0.15) is 5.69 Å². The van der Waals surface area contributed by atoms with Crippen LogP contribution < -0.4 is 5.73 Å². The molecule has 3 rings (SSSR count). The van der Waals surface area contributed by atoms with E-state index in [-0.39, 0.29) is 17.4 Å². The predicted molar refractivity (Wildman–Crippen MR) is 87.9 cm³/mol. The fourth-order valence-electron chi connectivity index (χ4n) is 2.35. The second-order valence-electron chi connectivity index (χ2n) is 5.22. The third-order valence-corrected chi connectivity index (χ3v) is 3.83. The fourth-order valence-corrected chi connectivity index (χ4v) is 2.47. The Morgan fingerprint density at radius 3 is 2.20 bits per heavy atom. The second-order valence-corrected chi connectivity index (χ2v) is 5.65. The number of nitrogen functional groups attached to an aromatic ring is 1. The number of imidazole rings is 1. The molecule has 1 heterocycles. The molecule has 128 valence electrons. The zero-order chi connectivity index (χ0) is 18.2.